The van der Waals surface area contributed by atoms with Crippen LogP contribution in [0.4, 0.5) is 11.4 Å². The number of hydrogen-bond donors (Lipinski definition) is 3. The molecule has 0 radical (unpaired) electrons. The van der Waals surface area contributed by atoms with Crippen LogP contribution in [0.15, 0.2) is 24.3 Å². The molecule has 0 aromatic heterocycles. The van der Waals surface area contributed by atoms with Gasteiger partial charge in [-0.15, -0.1) is 0 Å². The van der Waals surface area contributed by atoms with Crippen molar-refractivity contribution < 1.29 is 9.90 Å². The third kappa shape index (κ3) is 3.94. The minimum atomic E-state index is -0.0588. The van der Waals surface area contributed by atoms with E-state index in [1.165, 1.54) is 0 Å². The Morgan fingerprint density at radius 3 is 3.00 bits per heavy atom. The number of rotatable bonds is 4. The molecule has 1 heterocycles. The lowest BCUT2D eigenvalue weighted by Crippen LogP contribution is -2.41. The average Bonchev–Trinajstić information content (AvgIpc) is 2.41. The molecule has 0 saturated carbocycles. The molecule has 1 unspecified atom stereocenters. The molecule has 1 aromatic rings. The zero-order valence-electron chi connectivity index (χ0n) is 11.0. The van der Waals surface area contributed by atoms with Crippen LogP contribution in [0.1, 0.15) is 12.8 Å². The Morgan fingerprint density at radius 2 is 2.26 bits per heavy atom. The largest absolute Gasteiger partial charge is 0.397 e. The monoisotopic (exact) mass is 263 g/mol. The molecule has 1 fully saturated rings. The summed E-state index contributed by atoms with van der Waals surface area (Å²) in [7, 11) is 0. The van der Waals surface area contributed by atoms with Crippen LogP contribution in [0, 0.1) is 5.92 Å². The molecule has 1 amide bonds. The van der Waals surface area contributed by atoms with Crippen molar-refractivity contribution in [1.29, 1.82) is 0 Å². The molecule has 1 aliphatic heterocycles. The summed E-state index contributed by atoms with van der Waals surface area (Å²) in [5.74, 6) is 0.236. The summed E-state index contributed by atoms with van der Waals surface area (Å²) in [6.07, 6.45) is 2.08. The first-order valence-corrected chi connectivity index (χ1v) is 6.66. The lowest BCUT2D eigenvalue weighted by atomic mass is 9.99. The molecular weight excluding hydrogens is 242 g/mol. The van der Waals surface area contributed by atoms with Gasteiger partial charge in [-0.2, -0.15) is 0 Å². The van der Waals surface area contributed by atoms with Crippen molar-refractivity contribution in [3.05, 3.63) is 24.3 Å². The maximum Gasteiger partial charge on any atom is 0.238 e. The van der Waals surface area contributed by atoms with Gasteiger partial charge in [0.15, 0.2) is 0 Å². The minimum Gasteiger partial charge on any atom is -0.397 e. The van der Waals surface area contributed by atoms with Crippen LogP contribution in [0.3, 0.4) is 0 Å². The van der Waals surface area contributed by atoms with Crippen LogP contribution < -0.4 is 11.1 Å². The van der Waals surface area contributed by atoms with E-state index >= 15 is 0 Å². The number of likely N-dealkylation sites (tertiary alicyclic amines) is 1. The van der Waals surface area contributed by atoms with Crippen molar-refractivity contribution in [2.45, 2.75) is 12.8 Å². The SMILES string of the molecule is Nc1ccccc1NC(=O)CN1CCCC(CO)C1. The first kappa shape index (κ1) is 13.8. The molecule has 0 spiro atoms. The maximum absolute atomic E-state index is 12.0. The Kier molecular flexibility index (Phi) is 4.76. The number of nitrogens with two attached hydrogens (primary N) is 1. The first-order valence-electron chi connectivity index (χ1n) is 6.66. The number of benzene rings is 1. The van der Waals surface area contributed by atoms with Gasteiger partial charge < -0.3 is 16.2 Å². The fourth-order valence-corrected chi connectivity index (χ4v) is 2.45. The Morgan fingerprint density at radius 1 is 1.47 bits per heavy atom. The number of carbonyl (C=O) groups excluding carboxylic acids is 1. The normalized spacial score (nSPS) is 20.2. The van der Waals surface area contributed by atoms with Gasteiger partial charge in [-0.25, -0.2) is 0 Å². The second-order valence-electron chi connectivity index (χ2n) is 5.06. The molecule has 19 heavy (non-hydrogen) atoms. The highest BCUT2D eigenvalue weighted by Crippen LogP contribution is 2.18. The molecule has 4 N–H and O–H groups in total. The standard InChI is InChI=1S/C14H21N3O2/c15-12-5-1-2-6-13(12)16-14(19)9-17-7-3-4-11(8-17)10-18/h1-2,5-6,11,18H,3-4,7-10,15H2,(H,16,19). The van der Waals surface area contributed by atoms with Crippen LogP contribution >= 0.6 is 0 Å². The number of anilines is 2. The van der Waals surface area contributed by atoms with E-state index in [0.29, 0.717) is 23.8 Å². The van der Waals surface area contributed by atoms with Gasteiger partial charge >= 0.3 is 0 Å². The maximum atomic E-state index is 12.0. The topological polar surface area (TPSA) is 78.6 Å². The number of nitrogens with zero attached hydrogens (tertiary/aromatic N) is 1. The van der Waals surface area contributed by atoms with Gasteiger partial charge in [-0.1, -0.05) is 12.1 Å². The van der Waals surface area contributed by atoms with E-state index in [0.717, 1.165) is 25.9 Å². The first-order chi connectivity index (χ1) is 9.19. The summed E-state index contributed by atoms with van der Waals surface area (Å²) in [4.78, 5) is 14.0. The van der Waals surface area contributed by atoms with Gasteiger partial charge in [0.1, 0.15) is 0 Å². The highest BCUT2D eigenvalue weighted by Gasteiger charge is 2.21. The summed E-state index contributed by atoms with van der Waals surface area (Å²) >= 11 is 0. The number of nitrogen functional groups attached to an aromatic ring is 1. The van der Waals surface area contributed by atoms with E-state index in [9.17, 15) is 9.90 Å². The second kappa shape index (κ2) is 6.54. The molecule has 1 aromatic carbocycles. The number of aliphatic hydroxyl groups is 1. The molecule has 0 aliphatic carbocycles. The highest BCUT2D eigenvalue weighted by atomic mass is 16.3. The smallest absolute Gasteiger partial charge is 0.238 e. The third-order valence-electron chi connectivity index (χ3n) is 3.46. The fraction of sp³-hybridized carbons (Fsp3) is 0.500. The second-order valence-corrected chi connectivity index (χ2v) is 5.06. The Bertz CT molecular complexity index is 436. The van der Waals surface area contributed by atoms with Crippen molar-refractivity contribution in [3.63, 3.8) is 0 Å². The number of hydrogen-bond acceptors (Lipinski definition) is 4. The van der Waals surface area contributed by atoms with Gasteiger partial charge in [-0.05, 0) is 37.4 Å². The van der Waals surface area contributed by atoms with Gasteiger partial charge in [0.25, 0.3) is 0 Å². The predicted molar refractivity (Wildman–Crippen MR) is 75.7 cm³/mol. The lowest BCUT2D eigenvalue weighted by molar-refractivity contribution is -0.117. The van der Waals surface area contributed by atoms with Crippen molar-refractivity contribution in [3.8, 4) is 0 Å². The summed E-state index contributed by atoms with van der Waals surface area (Å²) in [5, 5.41) is 12.0. The van der Waals surface area contributed by atoms with Crippen molar-refractivity contribution in [1.82, 2.24) is 4.90 Å². The third-order valence-corrected chi connectivity index (χ3v) is 3.46. The Balaban J connectivity index is 1.86. The number of aliphatic hydroxyl groups excluding tert-OH is 1. The van der Waals surface area contributed by atoms with Crippen molar-refractivity contribution in [2.75, 3.05) is 37.3 Å². The number of amides is 1. The van der Waals surface area contributed by atoms with E-state index in [-0.39, 0.29) is 12.5 Å². The summed E-state index contributed by atoms with van der Waals surface area (Å²) in [6.45, 7) is 2.25. The van der Waals surface area contributed by atoms with E-state index in [2.05, 4.69) is 10.2 Å². The van der Waals surface area contributed by atoms with E-state index in [1.54, 1.807) is 12.1 Å². The van der Waals surface area contributed by atoms with Gasteiger partial charge in [0.2, 0.25) is 5.91 Å². The van der Waals surface area contributed by atoms with E-state index in [4.69, 9.17) is 5.73 Å². The van der Waals surface area contributed by atoms with Gasteiger partial charge in [-0.3, -0.25) is 9.69 Å². The summed E-state index contributed by atoms with van der Waals surface area (Å²) in [5.41, 5.74) is 7.01. The Hall–Kier alpha value is -1.59. The summed E-state index contributed by atoms with van der Waals surface area (Å²) in [6, 6.07) is 7.23. The van der Waals surface area contributed by atoms with Crippen LogP contribution in [-0.2, 0) is 4.79 Å². The zero-order chi connectivity index (χ0) is 13.7. The fourth-order valence-electron chi connectivity index (χ4n) is 2.45. The number of para-hydroxylation sites is 2. The molecule has 5 nitrogen and oxygen atoms in total. The van der Waals surface area contributed by atoms with Crippen LogP contribution in [0.5, 0.6) is 0 Å². The molecule has 0 bridgehead atoms. The number of piperidine rings is 1. The quantitative estimate of drug-likeness (QED) is 0.706. The van der Waals surface area contributed by atoms with Crippen molar-refractivity contribution >= 4 is 17.3 Å². The molecule has 5 heteroatoms. The number of carbonyl (C=O) groups is 1. The molecule has 1 aliphatic rings. The highest BCUT2D eigenvalue weighted by molar-refractivity contribution is 5.95. The number of nitrogens with one attached hydrogen (secondary N) is 1. The zero-order valence-corrected chi connectivity index (χ0v) is 11.0. The van der Waals surface area contributed by atoms with Gasteiger partial charge in [0, 0.05) is 13.2 Å². The average molecular weight is 263 g/mol. The van der Waals surface area contributed by atoms with E-state index in [1.807, 2.05) is 12.1 Å². The lowest BCUT2D eigenvalue weighted by Gasteiger charge is -2.31. The van der Waals surface area contributed by atoms with Crippen molar-refractivity contribution in [2.24, 2.45) is 5.92 Å². The molecule has 1 saturated heterocycles. The molecule has 1 atom stereocenters. The van der Waals surface area contributed by atoms with Crippen LogP contribution in [0.25, 0.3) is 0 Å². The molecular formula is C14H21N3O2. The van der Waals surface area contributed by atoms with Crippen LogP contribution in [-0.4, -0.2) is 42.2 Å². The van der Waals surface area contributed by atoms with Crippen LogP contribution in [0.2, 0.25) is 0 Å². The molecule has 104 valence electrons. The molecule has 2 rings (SSSR count). The summed E-state index contributed by atoms with van der Waals surface area (Å²) < 4.78 is 0. The minimum absolute atomic E-state index is 0.0588. The predicted octanol–water partition coefficient (Wildman–Crippen LogP) is 0.912. The van der Waals surface area contributed by atoms with Gasteiger partial charge in [0.05, 0.1) is 17.9 Å². The Labute approximate surface area is 113 Å². The van der Waals surface area contributed by atoms with E-state index < -0.39 is 0 Å².